The van der Waals surface area contributed by atoms with Crippen molar-refractivity contribution in [2.45, 2.75) is 12.8 Å². The molecule has 5 heterocycles. The Bertz CT molecular complexity index is 1590. The van der Waals surface area contributed by atoms with Crippen LogP contribution in [-0.4, -0.2) is 117 Å². The number of nitrogens with zero attached hydrogens (tertiary/aromatic N) is 8. The molecule has 0 unspecified atom stereocenters. The maximum Gasteiger partial charge on any atom is 0.337 e. The first kappa shape index (κ1) is 35.0. The van der Waals surface area contributed by atoms with Crippen LogP contribution in [0.2, 0.25) is 0 Å². The minimum Gasteiger partial charge on any atom is -0.478 e. The van der Waals surface area contributed by atoms with E-state index >= 15 is 0 Å². The molecule has 50 heavy (non-hydrogen) atoms. The molecular weight excluding hydrogens is 648 g/mol. The largest absolute Gasteiger partial charge is 0.478 e. The van der Waals surface area contributed by atoms with Crippen LogP contribution in [0.15, 0.2) is 73.8 Å². The fourth-order valence-corrected chi connectivity index (χ4v) is 5.74. The molecule has 260 valence electrons. The van der Waals surface area contributed by atoms with E-state index in [1.165, 1.54) is 24.8 Å². The van der Waals surface area contributed by atoms with E-state index in [1.807, 2.05) is 19.6 Å². The van der Waals surface area contributed by atoms with E-state index in [0.29, 0.717) is 87.9 Å². The molecule has 1 fully saturated rings. The lowest BCUT2D eigenvalue weighted by atomic mass is 10.2. The third-order valence-corrected chi connectivity index (χ3v) is 8.34. The molecule has 0 aliphatic carbocycles. The quantitative estimate of drug-likeness (QED) is 0.210. The number of carboxylic acid groups (broad SMARTS) is 4. The number of aromatic nitrogens is 4. The number of rotatable bonds is 8. The summed E-state index contributed by atoms with van der Waals surface area (Å²) in [6, 6.07) is 6.24. The molecule has 0 atom stereocenters. The van der Waals surface area contributed by atoms with Crippen molar-refractivity contribution in [1.82, 2.24) is 19.9 Å². The lowest BCUT2D eigenvalue weighted by molar-refractivity contribution is 0.0685. The smallest absolute Gasteiger partial charge is 0.337 e. The highest BCUT2D eigenvalue weighted by Gasteiger charge is 2.20. The third kappa shape index (κ3) is 8.97. The van der Waals surface area contributed by atoms with Crippen molar-refractivity contribution in [3.8, 4) is 0 Å². The summed E-state index contributed by atoms with van der Waals surface area (Å²) in [5.41, 5.74) is 2.57. The van der Waals surface area contributed by atoms with Crippen molar-refractivity contribution < 1.29 is 39.6 Å². The highest BCUT2D eigenvalue weighted by Crippen LogP contribution is 2.23. The Hall–Kier alpha value is -6.32. The summed E-state index contributed by atoms with van der Waals surface area (Å²) in [6.07, 6.45) is 12.7. The summed E-state index contributed by atoms with van der Waals surface area (Å²) in [6.45, 7) is 3.59. The molecular formula is C34H36N8O8. The Balaban J connectivity index is 1.50. The zero-order valence-electron chi connectivity index (χ0n) is 27.0. The summed E-state index contributed by atoms with van der Waals surface area (Å²) in [5, 5.41) is 38.5. The minimum absolute atomic E-state index is 0.0388. The molecule has 0 amide bonds. The summed E-state index contributed by atoms with van der Waals surface area (Å²) >= 11 is 0. The van der Waals surface area contributed by atoms with E-state index in [1.54, 1.807) is 49.1 Å². The molecule has 1 aliphatic rings. The Labute approximate surface area is 286 Å². The lowest BCUT2D eigenvalue weighted by Gasteiger charge is -2.34. The summed E-state index contributed by atoms with van der Waals surface area (Å²) < 4.78 is 0. The Kier molecular flexibility index (Phi) is 11.3. The van der Waals surface area contributed by atoms with Crippen LogP contribution in [0.4, 0.5) is 22.7 Å². The average molecular weight is 685 g/mol. The first-order valence-electron chi connectivity index (χ1n) is 15.8. The maximum atomic E-state index is 11.8. The van der Waals surface area contributed by atoms with Gasteiger partial charge in [0.2, 0.25) is 0 Å². The van der Waals surface area contributed by atoms with Gasteiger partial charge in [-0.2, -0.15) is 0 Å². The zero-order chi connectivity index (χ0) is 35.6. The number of aromatic carboxylic acids is 4. The van der Waals surface area contributed by atoms with Gasteiger partial charge in [-0.25, -0.2) is 19.2 Å². The van der Waals surface area contributed by atoms with Crippen LogP contribution < -0.4 is 19.6 Å². The summed E-state index contributed by atoms with van der Waals surface area (Å²) in [5.74, 6) is -4.42. The van der Waals surface area contributed by atoms with Crippen molar-refractivity contribution in [3.63, 3.8) is 0 Å². The van der Waals surface area contributed by atoms with Crippen LogP contribution in [0.5, 0.6) is 0 Å². The van der Waals surface area contributed by atoms with Crippen LogP contribution in [0.1, 0.15) is 54.3 Å². The van der Waals surface area contributed by atoms with Gasteiger partial charge in [0.05, 0.1) is 69.8 Å². The minimum atomic E-state index is -1.11. The number of carbonyl (C=O) groups is 4. The van der Waals surface area contributed by atoms with Crippen LogP contribution in [0.25, 0.3) is 0 Å². The molecule has 1 aliphatic heterocycles. The monoisotopic (exact) mass is 684 g/mol. The van der Waals surface area contributed by atoms with Gasteiger partial charge in [-0.15, -0.1) is 0 Å². The van der Waals surface area contributed by atoms with Crippen molar-refractivity contribution in [3.05, 3.63) is 96.1 Å². The van der Waals surface area contributed by atoms with Crippen molar-refractivity contribution in [2.24, 2.45) is 0 Å². The van der Waals surface area contributed by atoms with Gasteiger partial charge in [-0.3, -0.25) is 19.9 Å². The molecule has 4 aromatic heterocycles. The Morgan fingerprint density at radius 1 is 0.380 bits per heavy atom. The van der Waals surface area contributed by atoms with E-state index in [-0.39, 0.29) is 22.3 Å². The fourth-order valence-electron chi connectivity index (χ4n) is 5.74. The molecule has 5 rings (SSSR count). The highest BCUT2D eigenvalue weighted by molar-refractivity contribution is 5.90. The molecule has 16 heteroatoms. The van der Waals surface area contributed by atoms with E-state index in [0.717, 1.165) is 0 Å². The molecule has 0 radical (unpaired) electrons. The van der Waals surface area contributed by atoms with Crippen LogP contribution in [0.3, 0.4) is 0 Å². The van der Waals surface area contributed by atoms with E-state index < -0.39 is 23.9 Å². The van der Waals surface area contributed by atoms with Gasteiger partial charge in [0, 0.05) is 77.1 Å². The predicted octanol–water partition coefficient (Wildman–Crippen LogP) is 3.18. The van der Waals surface area contributed by atoms with Gasteiger partial charge in [0.25, 0.3) is 0 Å². The number of carboxylic acids is 4. The summed E-state index contributed by atoms with van der Waals surface area (Å²) in [7, 11) is 0. The highest BCUT2D eigenvalue weighted by atomic mass is 16.4. The average Bonchev–Trinajstić information content (AvgIpc) is 3.12. The van der Waals surface area contributed by atoms with Crippen LogP contribution >= 0.6 is 0 Å². The van der Waals surface area contributed by atoms with E-state index in [4.69, 9.17) is 0 Å². The Morgan fingerprint density at radius 2 is 0.600 bits per heavy atom. The van der Waals surface area contributed by atoms with Crippen molar-refractivity contribution >= 4 is 46.6 Å². The fraction of sp³-hybridized carbons (Fsp3) is 0.294. The van der Waals surface area contributed by atoms with Crippen molar-refractivity contribution in [1.29, 1.82) is 0 Å². The molecule has 0 spiro atoms. The molecule has 4 N–H and O–H groups in total. The second kappa shape index (κ2) is 16.2. The van der Waals surface area contributed by atoms with Crippen LogP contribution in [-0.2, 0) is 0 Å². The number of anilines is 4. The lowest BCUT2D eigenvalue weighted by Crippen LogP contribution is -2.41. The van der Waals surface area contributed by atoms with Crippen LogP contribution in [0, 0.1) is 0 Å². The molecule has 0 aromatic carbocycles. The molecule has 0 bridgehead atoms. The third-order valence-electron chi connectivity index (χ3n) is 8.34. The van der Waals surface area contributed by atoms with E-state index in [9.17, 15) is 39.6 Å². The topological polar surface area (TPSA) is 214 Å². The zero-order valence-corrected chi connectivity index (χ0v) is 27.0. The first-order valence-corrected chi connectivity index (χ1v) is 15.8. The second-order valence-corrected chi connectivity index (χ2v) is 11.6. The SMILES string of the molecule is O=C(O)c1cncc(N2CCCN(c3cncc(C(=O)O)c3)CCN(c3cncc(C(=O)O)c3)CCCN(c3cncc(C(=O)O)c3)CC2)c1. The van der Waals surface area contributed by atoms with Gasteiger partial charge < -0.3 is 40.0 Å². The standard InChI is InChI=1S/C34H36N8O8/c43-31(44)23-11-27(19-35-15-23)39-3-1-4-40(28-12-24(32(45)46)16-36-20-28)8-10-42(30-14-26(34(49)50)18-38-22-30)6-2-5-41(9-7-39)29-13-25(33(47)48)17-37-21-29/h11-22H,1-10H2,(H,43,44)(H,45,46)(H,47,48)(H,49,50). The number of hydrogen-bond acceptors (Lipinski definition) is 12. The van der Waals surface area contributed by atoms with Gasteiger partial charge in [0.1, 0.15) is 0 Å². The van der Waals surface area contributed by atoms with Gasteiger partial charge in [-0.05, 0) is 37.1 Å². The first-order chi connectivity index (χ1) is 24.1. The maximum absolute atomic E-state index is 11.8. The second-order valence-electron chi connectivity index (χ2n) is 11.6. The summed E-state index contributed by atoms with van der Waals surface area (Å²) in [4.78, 5) is 71.8. The molecule has 4 aromatic rings. The van der Waals surface area contributed by atoms with Gasteiger partial charge in [-0.1, -0.05) is 0 Å². The molecule has 0 saturated carbocycles. The predicted molar refractivity (Wildman–Crippen MR) is 183 cm³/mol. The van der Waals surface area contributed by atoms with Gasteiger partial charge in [0.15, 0.2) is 0 Å². The normalized spacial score (nSPS) is 14.9. The van der Waals surface area contributed by atoms with Crippen molar-refractivity contribution in [2.75, 3.05) is 72.0 Å². The van der Waals surface area contributed by atoms with Gasteiger partial charge >= 0.3 is 23.9 Å². The van der Waals surface area contributed by atoms with E-state index in [2.05, 4.69) is 19.9 Å². The molecule has 1 saturated heterocycles. The Morgan fingerprint density at radius 3 is 0.800 bits per heavy atom. The number of hydrogen-bond donors (Lipinski definition) is 4. The molecule has 16 nitrogen and oxygen atoms in total. The number of pyridine rings is 4.